The van der Waals surface area contributed by atoms with E-state index in [0.29, 0.717) is 24.1 Å². The molecule has 2 N–H and O–H groups in total. The van der Waals surface area contributed by atoms with Gasteiger partial charge in [-0.1, -0.05) is 11.8 Å². The molecule has 3 aromatic heterocycles. The van der Waals surface area contributed by atoms with Gasteiger partial charge >= 0.3 is 0 Å². The van der Waals surface area contributed by atoms with Crippen molar-refractivity contribution in [3.8, 4) is 11.8 Å². The first-order valence-corrected chi connectivity index (χ1v) is 7.21. The van der Waals surface area contributed by atoms with Crippen LogP contribution in [0, 0.1) is 11.8 Å². The average Bonchev–Trinajstić information content (AvgIpc) is 3.07. The Kier molecular flexibility index (Phi) is 3.56. The number of nitrogens with two attached hydrogens (primary N) is 1. The molecule has 0 aliphatic heterocycles. The molecule has 0 saturated heterocycles. The molecule has 7 heteroatoms. The lowest BCUT2D eigenvalue weighted by Gasteiger charge is -2.04. The average molecular weight is 299 g/mol. The van der Waals surface area contributed by atoms with E-state index in [0.717, 1.165) is 10.4 Å². The van der Waals surface area contributed by atoms with Crippen molar-refractivity contribution in [3.05, 3.63) is 44.8 Å². The Labute approximate surface area is 124 Å². The molecule has 0 amide bonds. The molecule has 0 saturated carbocycles. The van der Waals surface area contributed by atoms with E-state index >= 15 is 0 Å². The second-order valence-electron chi connectivity index (χ2n) is 4.45. The lowest BCUT2D eigenvalue weighted by molar-refractivity contribution is 0.744. The lowest BCUT2D eigenvalue weighted by atomic mass is 10.2. The third-order valence-corrected chi connectivity index (χ3v) is 4.01. The molecule has 21 heavy (non-hydrogen) atoms. The van der Waals surface area contributed by atoms with Crippen LogP contribution in [0.1, 0.15) is 10.4 Å². The van der Waals surface area contributed by atoms with Gasteiger partial charge in [0.1, 0.15) is 11.7 Å². The molecule has 0 radical (unpaired) electrons. The van der Waals surface area contributed by atoms with Crippen molar-refractivity contribution in [2.45, 2.75) is 6.54 Å². The van der Waals surface area contributed by atoms with Gasteiger partial charge in [-0.15, -0.1) is 11.3 Å². The van der Waals surface area contributed by atoms with Crippen LogP contribution in [0.2, 0.25) is 0 Å². The van der Waals surface area contributed by atoms with Crippen LogP contribution in [0.3, 0.4) is 0 Å². The van der Waals surface area contributed by atoms with Crippen molar-refractivity contribution in [1.29, 1.82) is 0 Å². The minimum absolute atomic E-state index is 0.0979. The standard InChI is InChI=1S/C14H13N5OS/c1-18-13-11(7-17-18)14(20)19(9-16-13)8-12-10(3-2-5-15)4-6-21-12/h4,6-7,9H,5,8,15H2,1H3. The van der Waals surface area contributed by atoms with Gasteiger partial charge in [-0.3, -0.25) is 14.0 Å². The molecule has 0 bridgehead atoms. The van der Waals surface area contributed by atoms with Crippen LogP contribution >= 0.6 is 11.3 Å². The molecular weight excluding hydrogens is 286 g/mol. The molecule has 0 spiro atoms. The van der Waals surface area contributed by atoms with E-state index in [1.165, 1.54) is 0 Å². The van der Waals surface area contributed by atoms with Crippen molar-refractivity contribution >= 4 is 22.4 Å². The summed E-state index contributed by atoms with van der Waals surface area (Å²) in [5.74, 6) is 5.85. The van der Waals surface area contributed by atoms with E-state index < -0.39 is 0 Å². The van der Waals surface area contributed by atoms with Gasteiger partial charge in [-0.05, 0) is 11.4 Å². The normalized spacial score (nSPS) is 10.6. The molecule has 3 aromatic rings. The van der Waals surface area contributed by atoms with E-state index in [2.05, 4.69) is 21.9 Å². The smallest absolute Gasteiger partial charge is 0.264 e. The molecular formula is C14H13N5OS. The third-order valence-electron chi connectivity index (χ3n) is 3.10. The van der Waals surface area contributed by atoms with Crippen LogP contribution in [0.15, 0.2) is 28.8 Å². The highest BCUT2D eigenvalue weighted by Gasteiger charge is 2.10. The first-order valence-electron chi connectivity index (χ1n) is 6.33. The minimum atomic E-state index is -0.0979. The number of nitrogens with zero attached hydrogens (tertiary/aromatic N) is 4. The van der Waals surface area contributed by atoms with E-state index in [1.54, 1.807) is 40.2 Å². The molecule has 106 valence electrons. The first kappa shape index (κ1) is 13.5. The Bertz CT molecular complexity index is 909. The maximum absolute atomic E-state index is 12.4. The van der Waals surface area contributed by atoms with Gasteiger partial charge < -0.3 is 5.73 Å². The molecule has 3 heterocycles. The highest BCUT2D eigenvalue weighted by Crippen LogP contribution is 2.17. The van der Waals surface area contributed by atoms with Crippen molar-refractivity contribution in [2.24, 2.45) is 12.8 Å². The van der Waals surface area contributed by atoms with Gasteiger partial charge in [0.15, 0.2) is 5.65 Å². The molecule has 0 fully saturated rings. The first-order chi connectivity index (χ1) is 10.2. The van der Waals surface area contributed by atoms with Crippen LogP contribution in [-0.4, -0.2) is 25.9 Å². The van der Waals surface area contributed by atoms with E-state index in [4.69, 9.17) is 5.73 Å². The van der Waals surface area contributed by atoms with Gasteiger partial charge in [0, 0.05) is 17.5 Å². The Morgan fingerprint density at radius 3 is 3.14 bits per heavy atom. The highest BCUT2D eigenvalue weighted by molar-refractivity contribution is 7.10. The SMILES string of the molecule is Cn1ncc2c(=O)n(Cc3sccc3C#CCN)cnc21. The number of thiophene rings is 1. The van der Waals surface area contributed by atoms with Crippen molar-refractivity contribution in [3.63, 3.8) is 0 Å². The van der Waals surface area contributed by atoms with E-state index in [9.17, 15) is 4.79 Å². The van der Waals surface area contributed by atoms with Gasteiger partial charge in [-0.25, -0.2) is 4.98 Å². The summed E-state index contributed by atoms with van der Waals surface area (Å²) in [6.07, 6.45) is 3.09. The summed E-state index contributed by atoms with van der Waals surface area (Å²) in [4.78, 5) is 17.7. The lowest BCUT2D eigenvalue weighted by Crippen LogP contribution is -2.21. The molecule has 3 rings (SSSR count). The number of aromatic nitrogens is 4. The second-order valence-corrected chi connectivity index (χ2v) is 5.45. The minimum Gasteiger partial charge on any atom is -0.320 e. The van der Waals surface area contributed by atoms with Crippen LogP contribution in [-0.2, 0) is 13.6 Å². The van der Waals surface area contributed by atoms with Crippen LogP contribution in [0.25, 0.3) is 11.0 Å². The summed E-state index contributed by atoms with van der Waals surface area (Å²) in [7, 11) is 1.76. The Hall–Kier alpha value is -2.43. The summed E-state index contributed by atoms with van der Waals surface area (Å²) < 4.78 is 3.16. The largest absolute Gasteiger partial charge is 0.320 e. The van der Waals surface area contributed by atoms with Crippen molar-refractivity contribution < 1.29 is 0 Å². The third kappa shape index (κ3) is 2.46. The maximum atomic E-state index is 12.4. The number of aryl methyl sites for hydroxylation is 1. The topological polar surface area (TPSA) is 78.7 Å². The number of fused-ring (bicyclic) bond motifs is 1. The quantitative estimate of drug-likeness (QED) is 0.701. The molecule has 6 nitrogen and oxygen atoms in total. The van der Waals surface area contributed by atoms with Gasteiger partial charge in [0.25, 0.3) is 5.56 Å². The predicted octanol–water partition coefficient (Wildman–Crippen LogP) is 0.550. The molecule has 0 aliphatic carbocycles. The number of hydrogen-bond acceptors (Lipinski definition) is 5. The summed E-state index contributed by atoms with van der Waals surface area (Å²) in [6, 6.07) is 1.93. The van der Waals surface area contributed by atoms with Crippen LogP contribution in [0.5, 0.6) is 0 Å². The Morgan fingerprint density at radius 2 is 2.33 bits per heavy atom. The fraction of sp³-hybridized carbons (Fsp3) is 0.214. The fourth-order valence-corrected chi connectivity index (χ4v) is 2.88. The summed E-state index contributed by atoms with van der Waals surface area (Å²) in [5.41, 5.74) is 6.79. The van der Waals surface area contributed by atoms with E-state index in [1.807, 2.05) is 11.4 Å². The number of rotatable bonds is 2. The second kappa shape index (κ2) is 5.52. The molecule has 0 aromatic carbocycles. The predicted molar refractivity (Wildman–Crippen MR) is 82.1 cm³/mol. The maximum Gasteiger partial charge on any atom is 0.264 e. The Balaban J connectivity index is 2.01. The van der Waals surface area contributed by atoms with Gasteiger partial charge in [0.2, 0.25) is 0 Å². The van der Waals surface area contributed by atoms with Gasteiger partial charge in [0.05, 0.1) is 19.3 Å². The zero-order valence-electron chi connectivity index (χ0n) is 11.4. The van der Waals surface area contributed by atoms with E-state index in [-0.39, 0.29) is 5.56 Å². The molecule has 0 aliphatic rings. The van der Waals surface area contributed by atoms with Crippen LogP contribution < -0.4 is 11.3 Å². The molecule has 0 atom stereocenters. The zero-order chi connectivity index (χ0) is 14.8. The van der Waals surface area contributed by atoms with Crippen LogP contribution in [0.4, 0.5) is 0 Å². The summed E-state index contributed by atoms with van der Waals surface area (Å²) in [5, 5.41) is 6.53. The monoisotopic (exact) mass is 299 g/mol. The van der Waals surface area contributed by atoms with Crippen molar-refractivity contribution in [1.82, 2.24) is 19.3 Å². The summed E-state index contributed by atoms with van der Waals surface area (Å²) >= 11 is 1.56. The Morgan fingerprint density at radius 1 is 1.48 bits per heavy atom. The van der Waals surface area contributed by atoms with Gasteiger partial charge in [-0.2, -0.15) is 5.10 Å². The van der Waals surface area contributed by atoms with Crippen molar-refractivity contribution in [2.75, 3.05) is 6.54 Å². The number of hydrogen-bond donors (Lipinski definition) is 1. The fourth-order valence-electron chi connectivity index (χ4n) is 2.05. The highest BCUT2D eigenvalue weighted by atomic mass is 32.1. The zero-order valence-corrected chi connectivity index (χ0v) is 12.2. The summed E-state index contributed by atoms with van der Waals surface area (Å²) in [6.45, 7) is 0.765. The molecule has 0 unspecified atom stereocenters.